The lowest BCUT2D eigenvalue weighted by Crippen LogP contribution is -2.23. The SMILES string of the molecule is Cc1nc(C)c(C(C)NCCn2cccn2)s1. The monoisotopic (exact) mass is 250 g/mol. The highest BCUT2D eigenvalue weighted by molar-refractivity contribution is 7.11. The summed E-state index contributed by atoms with van der Waals surface area (Å²) in [6.45, 7) is 8.12. The van der Waals surface area contributed by atoms with Gasteiger partial charge in [0.1, 0.15) is 0 Å². The van der Waals surface area contributed by atoms with Gasteiger partial charge in [-0.25, -0.2) is 4.98 Å². The van der Waals surface area contributed by atoms with Gasteiger partial charge in [0.25, 0.3) is 0 Å². The molecule has 5 heteroatoms. The van der Waals surface area contributed by atoms with Crippen molar-refractivity contribution in [1.82, 2.24) is 20.1 Å². The van der Waals surface area contributed by atoms with Crippen molar-refractivity contribution in [2.24, 2.45) is 0 Å². The lowest BCUT2D eigenvalue weighted by Gasteiger charge is -2.12. The molecular weight excluding hydrogens is 232 g/mol. The maximum absolute atomic E-state index is 4.45. The summed E-state index contributed by atoms with van der Waals surface area (Å²) >= 11 is 1.77. The maximum Gasteiger partial charge on any atom is 0.0900 e. The molecule has 1 unspecified atom stereocenters. The van der Waals surface area contributed by atoms with E-state index in [4.69, 9.17) is 0 Å². The maximum atomic E-state index is 4.45. The average Bonchev–Trinajstić information content (AvgIpc) is 2.88. The summed E-state index contributed by atoms with van der Waals surface area (Å²) in [5.74, 6) is 0. The Morgan fingerprint density at radius 2 is 2.29 bits per heavy atom. The predicted molar refractivity (Wildman–Crippen MR) is 70.2 cm³/mol. The molecule has 0 aliphatic carbocycles. The number of hydrogen-bond donors (Lipinski definition) is 1. The number of thiazole rings is 1. The highest BCUT2D eigenvalue weighted by Crippen LogP contribution is 2.23. The van der Waals surface area contributed by atoms with Gasteiger partial charge in [0.05, 0.1) is 17.2 Å². The Hall–Kier alpha value is -1.20. The molecular formula is C12H18N4S. The van der Waals surface area contributed by atoms with Crippen LogP contribution in [0.1, 0.15) is 28.5 Å². The first-order valence-corrected chi connectivity index (χ1v) is 6.63. The number of nitrogens with one attached hydrogen (secondary N) is 1. The fourth-order valence-electron chi connectivity index (χ4n) is 1.87. The van der Waals surface area contributed by atoms with Gasteiger partial charge in [0, 0.05) is 29.9 Å². The zero-order valence-corrected chi connectivity index (χ0v) is 11.3. The fourth-order valence-corrected chi connectivity index (χ4v) is 2.82. The van der Waals surface area contributed by atoms with Gasteiger partial charge in [-0.3, -0.25) is 4.68 Å². The third kappa shape index (κ3) is 3.14. The second-order valence-electron chi connectivity index (χ2n) is 4.13. The van der Waals surface area contributed by atoms with Crippen molar-refractivity contribution in [2.45, 2.75) is 33.4 Å². The van der Waals surface area contributed by atoms with Gasteiger partial charge in [-0.15, -0.1) is 11.3 Å². The van der Waals surface area contributed by atoms with Crippen LogP contribution in [0, 0.1) is 13.8 Å². The molecule has 0 bridgehead atoms. The Morgan fingerprint density at radius 1 is 1.47 bits per heavy atom. The van der Waals surface area contributed by atoms with E-state index < -0.39 is 0 Å². The average molecular weight is 250 g/mol. The van der Waals surface area contributed by atoms with Crippen molar-refractivity contribution >= 4 is 11.3 Å². The van der Waals surface area contributed by atoms with E-state index in [1.807, 2.05) is 16.9 Å². The molecule has 2 heterocycles. The van der Waals surface area contributed by atoms with Gasteiger partial charge in [-0.2, -0.15) is 5.10 Å². The molecule has 0 saturated heterocycles. The number of nitrogens with zero attached hydrogens (tertiary/aromatic N) is 3. The molecule has 0 aromatic carbocycles. The number of hydrogen-bond acceptors (Lipinski definition) is 4. The molecule has 1 N–H and O–H groups in total. The largest absolute Gasteiger partial charge is 0.308 e. The molecule has 0 aliphatic heterocycles. The van der Waals surface area contributed by atoms with Crippen LogP contribution < -0.4 is 5.32 Å². The second kappa shape index (κ2) is 5.42. The number of aromatic nitrogens is 3. The van der Waals surface area contributed by atoms with E-state index in [9.17, 15) is 0 Å². The van der Waals surface area contributed by atoms with E-state index in [-0.39, 0.29) is 0 Å². The van der Waals surface area contributed by atoms with E-state index >= 15 is 0 Å². The summed E-state index contributed by atoms with van der Waals surface area (Å²) in [5, 5.41) is 8.81. The minimum Gasteiger partial charge on any atom is -0.308 e. The minimum absolute atomic E-state index is 0.358. The summed E-state index contributed by atoms with van der Waals surface area (Å²) in [7, 11) is 0. The van der Waals surface area contributed by atoms with E-state index in [2.05, 4.69) is 36.2 Å². The molecule has 2 aromatic rings. The van der Waals surface area contributed by atoms with Crippen molar-refractivity contribution in [3.05, 3.63) is 34.0 Å². The molecule has 0 saturated carbocycles. The van der Waals surface area contributed by atoms with Crippen LogP contribution in [-0.2, 0) is 6.54 Å². The molecule has 0 amide bonds. The summed E-state index contributed by atoms with van der Waals surface area (Å²) in [6, 6.07) is 2.30. The van der Waals surface area contributed by atoms with Crippen LogP contribution in [0.3, 0.4) is 0 Å². The van der Waals surface area contributed by atoms with Gasteiger partial charge in [-0.05, 0) is 26.8 Å². The van der Waals surface area contributed by atoms with E-state index in [0.717, 1.165) is 23.8 Å². The van der Waals surface area contributed by atoms with Gasteiger partial charge >= 0.3 is 0 Å². The minimum atomic E-state index is 0.358. The Kier molecular flexibility index (Phi) is 3.91. The Morgan fingerprint density at radius 3 is 2.88 bits per heavy atom. The molecule has 0 radical (unpaired) electrons. The third-order valence-corrected chi connectivity index (χ3v) is 3.94. The Balaban J connectivity index is 1.85. The van der Waals surface area contributed by atoms with Crippen LogP contribution in [-0.4, -0.2) is 21.3 Å². The number of aryl methyl sites for hydroxylation is 2. The quantitative estimate of drug-likeness (QED) is 0.885. The van der Waals surface area contributed by atoms with Crippen molar-refractivity contribution < 1.29 is 0 Å². The van der Waals surface area contributed by atoms with Gasteiger partial charge in [0.15, 0.2) is 0 Å². The molecule has 17 heavy (non-hydrogen) atoms. The van der Waals surface area contributed by atoms with Gasteiger partial charge in [0.2, 0.25) is 0 Å². The van der Waals surface area contributed by atoms with Crippen molar-refractivity contribution in [3.63, 3.8) is 0 Å². The first-order valence-electron chi connectivity index (χ1n) is 5.81. The first-order chi connectivity index (χ1) is 8.16. The van der Waals surface area contributed by atoms with E-state index in [1.165, 1.54) is 4.88 Å². The molecule has 0 fully saturated rings. The normalized spacial score (nSPS) is 12.9. The van der Waals surface area contributed by atoms with Crippen LogP contribution in [0.2, 0.25) is 0 Å². The summed E-state index contributed by atoms with van der Waals surface area (Å²) in [5.41, 5.74) is 1.14. The zero-order chi connectivity index (χ0) is 12.3. The van der Waals surface area contributed by atoms with Crippen LogP contribution in [0.25, 0.3) is 0 Å². The topological polar surface area (TPSA) is 42.7 Å². The van der Waals surface area contributed by atoms with Gasteiger partial charge < -0.3 is 5.32 Å². The van der Waals surface area contributed by atoms with Crippen LogP contribution in [0.4, 0.5) is 0 Å². The lowest BCUT2D eigenvalue weighted by molar-refractivity contribution is 0.510. The van der Waals surface area contributed by atoms with Crippen molar-refractivity contribution in [2.75, 3.05) is 6.54 Å². The highest BCUT2D eigenvalue weighted by atomic mass is 32.1. The molecule has 92 valence electrons. The molecule has 2 rings (SSSR count). The lowest BCUT2D eigenvalue weighted by atomic mass is 10.2. The number of rotatable bonds is 5. The van der Waals surface area contributed by atoms with Crippen LogP contribution >= 0.6 is 11.3 Å². The third-order valence-electron chi connectivity index (χ3n) is 2.68. The Bertz CT molecular complexity index is 461. The van der Waals surface area contributed by atoms with Crippen LogP contribution in [0.5, 0.6) is 0 Å². The first kappa shape index (κ1) is 12.3. The second-order valence-corrected chi connectivity index (χ2v) is 5.36. The molecule has 1 atom stereocenters. The van der Waals surface area contributed by atoms with Gasteiger partial charge in [-0.1, -0.05) is 0 Å². The summed E-state index contributed by atoms with van der Waals surface area (Å²) < 4.78 is 1.94. The van der Waals surface area contributed by atoms with E-state index in [1.54, 1.807) is 17.5 Å². The highest BCUT2D eigenvalue weighted by Gasteiger charge is 2.11. The predicted octanol–water partition coefficient (Wildman–Crippen LogP) is 2.31. The summed E-state index contributed by atoms with van der Waals surface area (Å²) in [6.07, 6.45) is 3.79. The standard InChI is InChI=1S/C12H18N4S/c1-9(12-10(2)15-11(3)17-12)13-6-8-16-7-4-5-14-16/h4-5,7,9,13H,6,8H2,1-3H3. The van der Waals surface area contributed by atoms with E-state index in [0.29, 0.717) is 6.04 Å². The molecule has 2 aromatic heterocycles. The fraction of sp³-hybridized carbons (Fsp3) is 0.500. The molecule has 4 nitrogen and oxygen atoms in total. The summed E-state index contributed by atoms with van der Waals surface area (Å²) in [4.78, 5) is 5.79. The van der Waals surface area contributed by atoms with Crippen molar-refractivity contribution in [3.8, 4) is 0 Å². The van der Waals surface area contributed by atoms with Crippen molar-refractivity contribution in [1.29, 1.82) is 0 Å². The smallest absolute Gasteiger partial charge is 0.0900 e. The zero-order valence-electron chi connectivity index (χ0n) is 10.5. The molecule has 0 spiro atoms. The molecule has 0 aliphatic rings. The Labute approximate surface area is 106 Å². The van der Waals surface area contributed by atoms with Crippen LogP contribution in [0.15, 0.2) is 18.5 Å².